The molecule has 0 spiro atoms. The van der Waals surface area contributed by atoms with Gasteiger partial charge in [0.25, 0.3) is 0 Å². The molecule has 7 nitrogen and oxygen atoms in total. The second-order valence-electron chi connectivity index (χ2n) is 7.99. The number of carbonyl (C=O) groups is 2. The van der Waals surface area contributed by atoms with Gasteiger partial charge in [0.2, 0.25) is 11.5 Å². The lowest BCUT2D eigenvalue weighted by Crippen LogP contribution is -2.43. The highest BCUT2D eigenvalue weighted by Gasteiger charge is 2.42. The van der Waals surface area contributed by atoms with E-state index in [1.54, 1.807) is 24.3 Å². The minimum absolute atomic E-state index is 0.0786. The van der Waals surface area contributed by atoms with Crippen molar-refractivity contribution in [3.8, 4) is 17.2 Å². The van der Waals surface area contributed by atoms with Crippen LogP contribution in [0.15, 0.2) is 54.5 Å². The minimum atomic E-state index is -0.466. The van der Waals surface area contributed by atoms with Crippen molar-refractivity contribution in [3.05, 3.63) is 65.6 Å². The molecule has 1 heterocycles. The number of methoxy groups -OCH3 is 2. The number of allylic oxidation sites excluding steroid dienone is 1. The second-order valence-corrected chi connectivity index (χ2v) is 7.99. The van der Waals surface area contributed by atoms with Crippen LogP contribution in [0, 0.1) is 12.8 Å². The number of ether oxygens (including phenoxy) is 5. The molecule has 3 atom stereocenters. The SMILES string of the molecule is COc1cc(OC)cc(C(=O)OC2CCC3C(=O)C(Oc4cccc(C)c4)=COC3C2)c1. The molecule has 0 bridgehead atoms. The Morgan fingerprint density at radius 2 is 1.75 bits per heavy atom. The summed E-state index contributed by atoms with van der Waals surface area (Å²) in [5.74, 6) is 0.960. The third-order valence-corrected chi connectivity index (χ3v) is 5.75. The molecule has 0 amide bonds. The van der Waals surface area contributed by atoms with Gasteiger partial charge in [-0.2, -0.15) is 0 Å². The first-order chi connectivity index (χ1) is 15.5. The largest absolute Gasteiger partial charge is 0.497 e. The van der Waals surface area contributed by atoms with Crippen LogP contribution in [0.1, 0.15) is 35.2 Å². The maximum absolute atomic E-state index is 12.9. The molecule has 32 heavy (non-hydrogen) atoms. The normalized spacial score (nSPS) is 22.2. The first kappa shape index (κ1) is 21.7. The van der Waals surface area contributed by atoms with Gasteiger partial charge in [-0.3, -0.25) is 4.79 Å². The number of benzene rings is 2. The Labute approximate surface area is 186 Å². The van der Waals surface area contributed by atoms with Crippen LogP contribution in [0.4, 0.5) is 0 Å². The summed E-state index contributed by atoms with van der Waals surface area (Å²) in [5.41, 5.74) is 1.39. The first-order valence-corrected chi connectivity index (χ1v) is 10.5. The van der Waals surface area contributed by atoms with Crippen LogP contribution in [0.5, 0.6) is 17.2 Å². The zero-order valence-electron chi connectivity index (χ0n) is 18.3. The van der Waals surface area contributed by atoms with E-state index in [2.05, 4.69) is 0 Å². The van der Waals surface area contributed by atoms with E-state index in [9.17, 15) is 9.59 Å². The number of fused-ring (bicyclic) bond motifs is 1. The molecular weight excluding hydrogens is 412 g/mol. The van der Waals surface area contributed by atoms with Crippen LogP contribution in [-0.4, -0.2) is 38.2 Å². The smallest absolute Gasteiger partial charge is 0.338 e. The molecule has 1 fully saturated rings. The topological polar surface area (TPSA) is 80.3 Å². The quantitative estimate of drug-likeness (QED) is 0.625. The summed E-state index contributed by atoms with van der Waals surface area (Å²) >= 11 is 0. The number of carbonyl (C=O) groups excluding carboxylic acids is 2. The lowest BCUT2D eigenvalue weighted by atomic mass is 9.80. The molecule has 168 valence electrons. The van der Waals surface area contributed by atoms with Gasteiger partial charge in [0.15, 0.2) is 0 Å². The summed E-state index contributed by atoms with van der Waals surface area (Å²) in [5, 5.41) is 0. The molecule has 0 radical (unpaired) electrons. The molecule has 4 rings (SSSR count). The van der Waals surface area contributed by atoms with Crippen LogP contribution in [0.3, 0.4) is 0 Å². The Morgan fingerprint density at radius 3 is 2.44 bits per heavy atom. The maximum atomic E-state index is 12.9. The molecule has 1 aliphatic carbocycles. The maximum Gasteiger partial charge on any atom is 0.338 e. The van der Waals surface area contributed by atoms with Gasteiger partial charge in [0.05, 0.1) is 25.7 Å². The van der Waals surface area contributed by atoms with Crippen molar-refractivity contribution in [2.45, 2.75) is 38.4 Å². The van der Waals surface area contributed by atoms with E-state index in [0.29, 0.717) is 42.1 Å². The van der Waals surface area contributed by atoms with Crippen molar-refractivity contribution < 1.29 is 33.3 Å². The molecule has 0 N–H and O–H groups in total. The zero-order valence-corrected chi connectivity index (χ0v) is 18.3. The van der Waals surface area contributed by atoms with E-state index in [0.717, 1.165) is 5.56 Å². The third-order valence-electron chi connectivity index (χ3n) is 5.75. The number of ketones is 1. The predicted octanol–water partition coefficient (Wildman–Crippen LogP) is 4.23. The highest BCUT2D eigenvalue weighted by Crippen LogP contribution is 2.35. The summed E-state index contributed by atoms with van der Waals surface area (Å²) in [6.07, 6.45) is 2.25. The van der Waals surface area contributed by atoms with E-state index in [1.165, 1.54) is 20.5 Å². The van der Waals surface area contributed by atoms with Gasteiger partial charge >= 0.3 is 5.97 Å². The Bertz CT molecular complexity index is 1020. The predicted molar refractivity (Wildman–Crippen MR) is 116 cm³/mol. The van der Waals surface area contributed by atoms with E-state index in [1.807, 2.05) is 25.1 Å². The second kappa shape index (κ2) is 9.34. The van der Waals surface area contributed by atoms with Crippen molar-refractivity contribution in [3.63, 3.8) is 0 Å². The Morgan fingerprint density at radius 1 is 1.00 bits per heavy atom. The molecule has 3 unspecified atom stereocenters. The lowest BCUT2D eigenvalue weighted by Gasteiger charge is -2.36. The average molecular weight is 438 g/mol. The number of hydrogen-bond donors (Lipinski definition) is 0. The summed E-state index contributed by atoms with van der Waals surface area (Å²) < 4.78 is 27.7. The molecule has 2 aliphatic rings. The molecule has 0 aromatic heterocycles. The Hall–Kier alpha value is -3.48. The van der Waals surface area contributed by atoms with Crippen LogP contribution in [-0.2, 0) is 14.3 Å². The highest BCUT2D eigenvalue weighted by atomic mass is 16.6. The van der Waals surface area contributed by atoms with Crippen LogP contribution in [0.2, 0.25) is 0 Å². The minimum Gasteiger partial charge on any atom is -0.497 e. The fourth-order valence-electron chi connectivity index (χ4n) is 4.06. The van der Waals surface area contributed by atoms with Crippen molar-refractivity contribution >= 4 is 11.8 Å². The lowest BCUT2D eigenvalue weighted by molar-refractivity contribution is -0.132. The molecule has 0 saturated heterocycles. The number of aryl methyl sites for hydroxylation is 1. The summed E-state index contributed by atoms with van der Waals surface area (Å²) in [7, 11) is 3.04. The number of rotatable bonds is 6. The highest BCUT2D eigenvalue weighted by molar-refractivity contribution is 5.96. The van der Waals surface area contributed by atoms with E-state index < -0.39 is 5.97 Å². The zero-order chi connectivity index (χ0) is 22.7. The van der Waals surface area contributed by atoms with Gasteiger partial charge in [-0.15, -0.1) is 0 Å². The molecule has 2 aromatic carbocycles. The summed E-state index contributed by atoms with van der Waals surface area (Å²) in [6.45, 7) is 1.96. The van der Waals surface area contributed by atoms with Gasteiger partial charge in [0.1, 0.15) is 35.7 Å². The van der Waals surface area contributed by atoms with Gasteiger partial charge in [-0.25, -0.2) is 4.79 Å². The van der Waals surface area contributed by atoms with Crippen LogP contribution in [0.25, 0.3) is 0 Å². The molecule has 2 aromatic rings. The number of esters is 1. The Balaban J connectivity index is 1.40. The summed E-state index contributed by atoms with van der Waals surface area (Å²) in [6, 6.07) is 12.4. The average Bonchev–Trinajstić information content (AvgIpc) is 2.80. The molecule has 1 aliphatic heterocycles. The number of Topliss-reactive ketones (excluding diaryl/α,β-unsaturated/α-hetero) is 1. The van der Waals surface area contributed by atoms with Crippen molar-refractivity contribution in [2.24, 2.45) is 5.92 Å². The first-order valence-electron chi connectivity index (χ1n) is 10.5. The fourth-order valence-corrected chi connectivity index (χ4v) is 4.06. The monoisotopic (exact) mass is 438 g/mol. The standard InChI is InChI=1S/C25H26O7/c1-15-5-4-6-17(9-15)31-23-14-30-22-13-18(7-8-21(22)24(23)26)32-25(27)16-10-19(28-2)12-20(11-16)29-3/h4-6,9-12,14,18,21-22H,7-8,13H2,1-3H3. The fraction of sp³-hybridized carbons (Fsp3) is 0.360. The molecule has 1 saturated carbocycles. The van der Waals surface area contributed by atoms with Crippen LogP contribution >= 0.6 is 0 Å². The molecule has 7 heteroatoms. The van der Waals surface area contributed by atoms with Crippen LogP contribution < -0.4 is 14.2 Å². The van der Waals surface area contributed by atoms with E-state index in [-0.39, 0.29) is 29.7 Å². The van der Waals surface area contributed by atoms with E-state index in [4.69, 9.17) is 23.7 Å². The molecular formula is C25H26O7. The summed E-state index contributed by atoms with van der Waals surface area (Å²) in [4.78, 5) is 25.6. The van der Waals surface area contributed by atoms with Crippen molar-refractivity contribution in [1.29, 1.82) is 0 Å². The van der Waals surface area contributed by atoms with Crippen molar-refractivity contribution in [1.82, 2.24) is 0 Å². The number of hydrogen-bond acceptors (Lipinski definition) is 7. The van der Waals surface area contributed by atoms with Gasteiger partial charge in [-0.05, 0) is 49.6 Å². The van der Waals surface area contributed by atoms with Gasteiger partial charge in [-0.1, -0.05) is 12.1 Å². The van der Waals surface area contributed by atoms with E-state index >= 15 is 0 Å². The Kier molecular flexibility index (Phi) is 6.35. The third kappa shape index (κ3) is 4.72. The van der Waals surface area contributed by atoms with Crippen molar-refractivity contribution in [2.75, 3.05) is 14.2 Å². The van der Waals surface area contributed by atoms with Gasteiger partial charge in [0, 0.05) is 12.5 Å². The van der Waals surface area contributed by atoms with Gasteiger partial charge < -0.3 is 23.7 Å².